The van der Waals surface area contributed by atoms with Crippen LogP contribution in [-0.4, -0.2) is 19.1 Å². The zero-order valence-corrected chi connectivity index (χ0v) is 4.72. The standard InChI is InChI=1S/C5H11NO2/c1-2-8-4-3-5(6)7/h2-4H2,1H3,(H2,6,7)/i1D. The molecule has 0 heterocycles. The van der Waals surface area contributed by atoms with Gasteiger partial charge >= 0.3 is 0 Å². The van der Waals surface area contributed by atoms with Crippen LogP contribution in [0, 0.1) is 0 Å². The number of rotatable bonds is 4. The third-order valence-corrected chi connectivity index (χ3v) is 0.637. The largest absolute Gasteiger partial charge is 0.381 e. The number of amides is 1. The van der Waals surface area contributed by atoms with Gasteiger partial charge in [-0.3, -0.25) is 4.79 Å². The first kappa shape index (κ1) is 5.56. The van der Waals surface area contributed by atoms with Gasteiger partial charge in [0.2, 0.25) is 5.91 Å². The molecular weight excluding hydrogens is 106 g/mol. The Balaban J connectivity index is 2.83. The fraction of sp³-hybridized carbons (Fsp3) is 0.800. The van der Waals surface area contributed by atoms with E-state index in [1.165, 1.54) is 0 Å². The molecule has 3 heteroatoms. The number of hydrogen-bond acceptors (Lipinski definition) is 2. The molecule has 48 valence electrons. The maximum Gasteiger partial charge on any atom is 0.219 e. The number of ether oxygens (including phenoxy) is 1. The van der Waals surface area contributed by atoms with Gasteiger partial charge in [0.1, 0.15) is 0 Å². The molecule has 0 fully saturated rings. The third kappa shape index (κ3) is 5.43. The first-order chi connectivity index (χ1) is 4.27. The Bertz CT molecular complexity index is 87.0. The van der Waals surface area contributed by atoms with Crippen molar-refractivity contribution < 1.29 is 10.9 Å². The van der Waals surface area contributed by atoms with Gasteiger partial charge < -0.3 is 10.5 Å². The second kappa shape index (κ2) is 4.59. The fourth-order valence-corrected chi connectivity index (χ4v) is 0.275. The minimum absolute atomic E-state index is 0.235. The molecule has 1 amide bonds. The van der Waals surface area contributed by atoms with Crippen molar-refractivity contribution in [2.45, 2.75) is 13.3 Å². The molecule has 8 heavy (non-hydrogen) atoms. The lowest BCUT2D eigenvalue weighted by Gasteiger charge is -1.94. The number of carbonyl (C=O) groups excluding carboxylic acids is 1. The van der Waals surface area contributed by atoms with Crippen LogP contribution in [-0.2, 0) is 9.53 Å². The van der Waals surface area contributed by atoms with Crippen molar-refractivity contribution in [3.8, 4) is 0 Å². The Morgan fingerprint density at radius 2 is 2.75 bits per heavy atom. The van der Waals surface area contributed by atoms with E-state index in [0.29, 0.717) is 13.2 Å². The average molecular weight is 118 g/mol. The van der Waals surface area contributed by atoms with E-state index in [-0.39, 0.29) is 19.2 Å². The quantitative estimate of drug-likeness (QED) is 0.524. The van der Waals surface area contributed by atoms with Crippen molar-refractivity contribution in [2.75, 3.05) is 13.2 Å². The summed E-state index contributed by atoms with van der Waals surface area (Å²) in [6.07, 6.45) is 0.250. The Morgan fingerprint density at radius 1 is 2.00 bits per heavy atom. The van der Waals surface area contributed by atoms with Gasteiger partial charge in [0, 0.05) is 14.4 Å². The van der Waals surface area contributed by atoms with E-state index in [1.54, 1.807) is 0 Å². The van der Waals surface area contributed by atoms with Crippen molar-refractivity contribution in [1.29, 1.82) is 0 Å². The lowest BCUT2D eigenvalue weighted by Crippen LogP contribution is -2.13. The van der Waals surface area contributed by atoms with Crippen LogP contribution in [0.3, 0.4) is 0 Å². The molecule has 3 nitrogen and oxygen atoms in total. The van der Waals surface area contributed by atoms with Gasteiger partial charge in [0.15, 0.2) is 0 Å². The minimum atomic E-state index is -0.361. The summed E-state index contributed by atoms with van der Waals surface area (Å²) in [6.45, 7) is 0.959. The maximum absolute atomic E-state index is 10.1. The molecule has 0 aliphatic rings. The molecular formula is C5H11NO2. The molecule has 0 aliphatic heterocycles. The summed E-state index contributed by atoms with van der Waals surface area (Å²) in [5.41, 5.74) is 4.81. The molecule has 0 saturated heterocycles. The highest BCUT2D eigenvalue weighted by atomic mass is 16.5. The van der Waals surface area contributed by atoms with Crippen LogP contribution >= 0.6 is 0 Å². The van der Waals surface area contributed by atoms with Crippen molar-refractivity contribution in [3.05, 3.63) is 0 Å². The summed E-state index contributed by atoms with van der Waals surface area (Å²) in [7, 11) is 0. The highest BCUT2D eigenvalue weighted by Crippen LogP contribution is 1.78. The van der Waals surface area contributed by atoms with E-state index in [4.69, 9.17) is 11.8 Å². The van der Waals surface area contributed by atoms with Crippen LogP contribution in [0.2, 0.25) is 0 Å². The van der Waals surface area contributed by atoms with Gasteiger partial charge in [0.25, 0.3) is 0 Å². The molecule has 0 aromatic carbocycles. The zero-order valence-electron chi connectivity index (χ0n) is 5.72. The highest BCUT2D eigenvalue weighted by molar-refractivity contribution is 5.73. The Labute approximate surface area is 50.2 Å². The van der Waals surface area contributed by atoms with Crippen molar-refractivity contribution in [2.24, 2.45) is 5.73 Å². The topological polar surface area (TPSA) is 52.3 Å². The van der Waals surface area contributed by atoms with Crippen LogP contribution in [0.25, 0.3) is 0 Å². The Hall–Kier alpha value is -0.570. The summed E-state index contributed by atoms with van der Waals surface area (Å²) in [4.78, 5) is 10.1. The van der Waals surface area contributed by atoms with Gasteiger partial charge in [-0.25, -0.2) is 0 Å². The van der Waals surface area contributed by atoms with Crippen LogP contribution in [0.15, 0.2) is 0 Å². The molecule has 0 rings (SSSR count). The van der Waals surface area contributed by atoms with Crippen LogP contribution < -0.4 is 5.73 Å². The Kier molecular flexibility index (Phi) is 3.19. The fourth-order valence-electron chi connectivity index (χ4n) is 0.275. The normalized spacial score (nSPS) is 10.8. The SMILES string of the molecule is [2H]CCOCCC(N)=O. The number of nitrogens with two attached hydrogens (primary N) is 1. The smallest absolute Gasteiger partial charge is 0.219 e. The van der Waals surface area contributed by atoms with Gasteiger partial charge in [0.05, 0.1) is 6.61 Å². The number of carbonyl (C=O) groups is 1. The second-order valence-electron chi connectivity index (χ2n) is 1.33. The molecule has 0 radical (unpaired) electrons. The second-order valence-corrected chi connectivity index (χ2v) is 1.33. The first-order valence-electron chi connectivity index (χ1n) is 3.13. The van der Waals surface area contributed by atoms with E-state index in [0.717, 1.165) is 0 Å². The van der Waals surface area contributed by atoms with Crippen molar-refractivity contribution >= 4 is 5.91 Å². The highest BCUT2D eigenvalue weighted by Gasteiger charge is 1.90. The predicted octanol–water partition coefficient (Wildman–Crippen LogP) is -0.102. The summed E-state index contributed by atoms with van der Waals surface area (Å²) >= 11 is 0. The lowest BCUT2D eigenvalue weighted by atomic mass is 10.4. The average Bonchev–Trinajstić information content (AvgIpc) is 1.80. The van der Waals surface area contributed by atoms with E-state index < -0.39 is 0 Å². The van der Waals surface area contributed by atoms with Crippen molar-refractivity contribution in [1.82, 2.24) is 0 Å². The van der Waals surface area contributed by atoms with E-state index in [9.17, 15) is 4.79 Å². The summed E-state index contributed by atoms with van der Waals surface area (Å²) in [5, 5.41) is 0. The van der Waals surface area contributed by atoms with Crippen LogP contribution in [0.1, 0.15) is 14.7 Å². The molecule has 2 N–H and O–H groups in total. The monoisotopic (exact) mass is 118 g/mol. The summed E-state index contributed by atoms with van der Waals surface area (Å²) in [6, 6.07) is 0. The summed E-state index contributed by atoms with van der Waals surface area (Å²) < 4.78 is 11.5. The van der Waals surface area contributed by atoms with Crippen LogP contribution in [0.4, 0.5) is 0 Å². The van der Waals surface area contributed by atoms with Gasteiger partial charge in [-0.05, 0) is 6.90 Å². The van der Waals surface area contributed by atoms with E-state index in [2.05, 4.69) is 0 Å². The van der Waals surface area contributed by atoms with Crippen LogP contribution in [0.5, 0.6) is 0 Å². The van der Waals surface area contributed by atoms with Gasteiger partial charge in [-0.15, -0.1) is 0 Å². The molecule has 0 unspecified atom stereocenters. The van der Waals surface area contributed by atoms with E-state index in [1.807, 2.05) is 0 Å². The number of hydrogen-bond donors (Lipinski definition) is 1. The molecule has 0 aliphatic carbocycles. The number of primary amides is 1. The zero-order chi connectivity index (χ0) is 7.11. The third-order valence-electron chi connectivity index (χ3n) is 0.637. The molecule has 0 aromatic rings. The Morgan fingerprint density at radius 3 is 3.25 bits per heavy atom. The minimum Gasteiger partial charge on any atom is -0.381 e. The molecule has 0 bridgehead atoms. The lowest BCUT2D eigenvalue weighted by molar-refractivity contribution is -0.119. The van der Waals surface area contributed by atoms with Gasteiger partial charge in [-0.1, -0.05) is 0 Å². The maximum atomic E-state index is 10.1. The summed E-state index contributed by atoms with van der Waals surface area (Å²) in [5.74, 6) is -0.361. The van der Waals surface area contributed by atoms with E-state index >= 15 is 0 Å². The molecule has 0 atom stereocenters. The van der Waals surface area contributed by atoms with Crippen molar-refractivity contribution in [3.63, 3.8) is 0 Å². The molecule has 0 aromatic heterocycles. The predicted molar refractivity (Wildman–Crippen MR) is 30.3 cm³/mol. The molecule has 0 spiro atoms. The van der Waals surface area contributed by atoms with Gasteiger partial charge in [-0.2, -0.15) is 0 Å². The first-order valence-corrected chi connectivity index (χ1v) is 2.42. The molecule has 0 saturated carbocycles.